The Bertz CT molecular complexity index is 974. The molecule has 0 bridgehead atoms. The maximum Gasteiger partial charge on any atom is 0.264 e. The molecule has 2 heterocycles. The van der Waals surface area contributed by atoms with Crippen LogP contribution in [0.2, 0.25) is 0 Å². The second kappa shape index (κ2) is 6.39. The van der Waals surface area contributed by atoms with Crippen LogP contribution in [0.25, 0.3) is 11.0 Å². The van der Waals surface area contributed by atoms with Gasteiger partial charge in [0.1, 0.15) is 22.1 Å². The Morgan fingerprint density at radius 1 is 1.27 bits per heavy atom. The fraction of sp³-hybridized carbons (Fsp3) is 0.421. The van der Waals surface area contributed by atoms with Crippen molar-refractivity contribution in [2.45, 2.75) is 44.4 Å². The highest BCUT2D eigenvalue weighted by atomic mass is 32.1. The van der Waals surface area contributed by atoms with Gasteiger partial charge >= 0.3 is 0 Å². The number of ether oxygens (including phenoxy) is 1. The quantitative estimate of drug-likeness (QED) is 0.734. The predicted octanol–water partition coefficient (Wildman–Crippen LogP) is 4.06. The Balaban J connectivity index is 1.24. The Kier molecular flexibility index (Phi) is 3.89. The van der Waals surface area contributed by atoms with Gasteiger partial charge in [0.05, 0.1) is 0 Å². The van der Waals surface area contributed by atoms with Crippen molar-refractivity contribution in [3.8, 4) is 5.75 Å². The minimum atomic E-state index is -0.224. The molecule has 0 aliphatic heterocycles. The number of furan rings is 1. The first-order valence-corrected chi connectivity index (χ1v) is 9.88. The largest absolute Gasteiger partial charge is 0.484 e. The molecule has 26 heavy (non-hydrogen) atoms. The lowest BCUT2D eigenvalue weighted by atomic mass is 9.96. The highest BCUT2D eigenvalue weighted by Crippen LogP contribution is 2.42. The van der Waals surface area contributed by atoms with E-state index in [1.807, 2.05) is 18.2 Å². The van der Waals surface area contributed by atoms with Gasteiger partial charge in [-0.3, -0.25) is 10.1 Å². The Morgan fingerprint density at radius 2 is 2.15 bits per heavy atom. The van der Waals surface area contributed by atoms with Gasteiger partial charge in [0, 0.05) is 23.3 Å². The van der Waals surface area contributed by atoms with E-state index in [-0.39, 0.29) is 12.5 Å². The van der Waals surface area contributed by atoms with Crippen molar-refractivity contribution >= 4 is 33.3 Å². The van der Waals surface area contributed by atoms with E-state index in [4.69, 9.17) is 9.15 Å². The monoisotopic (exact) mass is 369 g/mol. The van der Waals surface area contributed by atoms with Crippen LogP contribution in [0.1, 0.15) is 47.9 Å². The van der Waals surface area contributed by atoms with Crippen molar-refractivity contribution in [2.75, 3.05) is 11.9 Å². The molecule has 134 valence electrons. The van der Waals surface area contributed by atoms with Crippen LogP contribution in [0.15, 0.2) is 22.6 Å². The van der Waals surface area contributed by atoms with Gasteiger partial charge in [0.15, 0.2) is 6.61 Å². The van der Waals surface area contributed by atoms with Gasteiger partial charge in [-0.15, -0.1) is 10.2 Å². The standard InChI is InChI=1S/C19H19N3O3S/c23-17(20-19-22-21-18(26-19)11-5-6-11)10-24-12-7-8-16-14(9-12)13-3-1-2-4-15(13)25-16/h7-9,11H,1-6,10H2,(H,20,22,23). The number of rotatable bonds is 5. The highest BCUT2D eigenvalue weighted by Gasteiger charge is 2.27. The summed E-state index contributed by atoms with van der Waals surface area (Å²) in [5.41, 5.74) is 2.19. The van der Waals surface area contributed by atoms with E-state index in [1.54, 1.807) is 0 Å². The maximum atomic E-state index is 12.1. The summed E-state index contributed by atoms with van der Waals surface area (Å²) in [6, 6.07) is 5.75. The molecule has 2 aliphatic carbocycles. The molecule has 2 aliphatic rings. The molecule has 0 unspecified atom stereocenters. The molecule has 0 saturated heterocycles. The van der Waals surface area contributed by atoms with Crippen LogP contribution < -0.4 is 10.1 Å². The first-order chi connectivity index (χ1) is 12.8. The van der Waals surface area contributed by atoms with Crippen LogP contribution in [0, 0.1) is 0 Å². The van der Waals surface area contributed by atoms with Gasteiger partial charge in [0.25, 0.3) is 5.91 Å². The van der Waals surface area contributed by atoms with Crippen molar-refractivity contribution < 1.29 is 13.9 Å². The summed E-state index contributed by atoms with van der Waals surface area (Å²) in [4.78, 5) is 12.1. The molecule has 1 fully saturated rings. The topological polar surface area (TPSA) is 77.2 Å². The lowest BCUT2D eigenvalue weighted by molar-refractivity contribution is -0.118. The third-order valence-corrected chi connectivity index (χ3v) is 5.91. The summed E-state index contributed by atoms with van der Waals surface area (Å²) in [5, 5.41) is 13.6. The van der Waals surface area contributed by atoms with E-state index < -0.39 is 0 Å². The van der Waals surface area contributed by atoms with E-state index in [2.05, 4.69) is 15.5 Å². The van der Waals surface area contributed by atoms with Gasteiger partial charge in [-0.05, 0) is 50.3 Å². The molecule has 0 spiro atoms. The second-order valence-corrected chi connectivity index (χ2v) is 7.93. The Labute approximate surface area is 154 Å². The number of carbonyl (C=O) groups is 1. The molecule has 1 saturated carbocycles. The van der Waals surface area contributed by atoms with Crippen molar-refractivity contribution in [3.05, 3.63) is 34.5 Å². The van der Waals surface area contributed by atoms with Crippen molar-refractivity contribution in [2.24, 2.45) is 0 Å². The van der Waals surface area contributed by atoms with Gasteiger partial charge in [-0.25, -0.2) is 0 Å². The third-order valence-electron chi connectivity index (χ3n) is 4.91. The average molecular weight is 369 g/mol. The van der Waals surface area contributed by atoms with Crippen molar-refractivity contribution in [1.82, 2.24) is 10.2 Å². The van der Waals surface area contributed by atoms with Crippen molar-refractivity contribution in [3.63, 3.8) is 0 Å². The highest BCUT2D eigenvalue weighted by molar-refractivity contribution is 7.15. The zero-order valence-corrected chi connectivity index (χ0v) is 15.1. The number of aromatic nitrogens is 2. The summed E-state index contributed by atoms with van der Waals surface area (Å²) >= 11 is 1.45. The van der Waals surface area contributed by atoms with Gasteiger partial charge < -0.3 is 9.15 Å². The van der Waals surface area contributed by atoms with Crippen LogP contribution in [0.4, 0.5) is 5.13 Å². The van der Waals surface area contributed by atoms with Gasteiger partial charge in [-0.1, -0.05) is 11.3 Å². The van der Waals surface area contributed by atoms with Crippen molar-refractivity contribution in [1.29, 1.82) is 0 Å². The number of anilines is 1. The van der Waals surface area contributed by atoms with Crippen LogP contribution in [-0.4, -0.2) is 22.7 Å². The fourth-order valence-corrected chi connectivity index (χ4v) is 4.34. The number of hydrogen-bond acceptors (Lipinski definition) is 6. The number of aryl methyl sites for hydroxylation is 2. The van der Waals surface area contributed by atoms with E-state index >= 15 is 0 Å². The van der Waals surface area contributed by atoms with Gasteiger partial charge in [0.2, 0.25) is 5.13 Å². The summed E-state index contributed by atoms with van der Waals surface area (Å²) < 4.78 is 11.6. The van der Waals surface area contributed by atoms with E-state index in [0.717, 1.165) is 34.6 Å². The first kappa shape index (κ1) is 15.8. The zero-order chi connectivity index (χ0) is 17.5. The molecule has 3 aromatic rings. The molecular weight excluding hydrogens is 350 g/mol. The van der Waals surface area contributed by atoms with Gasteiger partial charge in [-0.2, -0.15) is 0 Å². The maximum absolute atomic E-state index is 12.1. The summed E-state index contributed by atoms with van der Waals surface area (Å²) in [7, 11) is 0. The van der Waals surface area contributed by atoms with Crippen LogP contribution in [-0.2, 0) is 17.6 Å². The number of amides is 1. The number of benzene rings is 1. The lowest BCUT2D eigenvalue weighted by Gasteiger charge is -2.09. The Hall–Kier alpha value is -2.41. The molecular formula is C19H19N3O3S. The molecule has 0 radical (unpaired) electrons. The molecule has 1 N–H and O–H groups in total. The third kappa shape index (κ3) is 3.07. The number of fused-ring (bicyclic) bond motifs is 3. The smallest absolute Gasteiger partial charge is 0.264 e. The molecule has 5 rings (SSSR count). The lowest BCUT2D eigenvalue weighted by Crippen LogP contribution is -2.20. The average Bonchev–Trinajstić information content (AvgIpc) is 3.29. The minimum absolute atomic E-state index is 0.0517. The molecule has 1 aromatic carbocycles. The SMILES string of the molecule is O=C(COc1ccc2oc3c(c2c1)CCCC3)Nc1nnc(C2CC2)s1. The minimum Gasteiger partial charge on any atom is -0.484 e. The Morgan fingerprint density at radius 3 is 3.04 bits per heavy atom. The normalized spacial score (nSPS) is 16.5. The number of nitrogens with zero attached hydrogens (tertiary/aromatic N) is 2. The fourth-order valence-electron chi connectivity index (χ4n) is 3.42. The van der Waals surface area contributed by atoms with Crippen LogP contribution in [0.3, 0.4) is 0 Å². The van der Waals surface area contributed by atoms with E-state index in [9.17, 15) is 4.79 Å². The summed E-state index contributed by atoms with van der Waals surface area (Å²) in [5.74, 6) is 2.10. The number of hydrogen-bond donors (Lipinski definition) is 1. The first-order valence-electron chi connectivity index (χ1n) is 9.06. The molecule has 1 amide bonds. The number of nitrogens with one attached hydrogen (secondary N) is 1. The molecule has 2 aromatic heterocycles. The summed E-state index contributed by atoms with van der Waals surface area (Å²) in [6.07, 6.45) is 6.78. The van der Waals surface area contributed by atoms with E-state index in [0.29, 0.717) is 16.8 Å². The van der Waals surface area contributed by atoms with E-state index in [1.165, 1.54) is 42.6 Å². The second-order valence-electron chi connectivity index (χ2n) is 6.93. The zero-order valence-electron chi connectivity index (χ0n) is 14.3. The van der Waals surface area contributed by atoms with Crippen LogP contribution in [0.5, 0.6) is 5.75 Å². The summed E-state index contributed by atoms with van der Waals surface area (Å²) in [6.45, 7) is -0.0517. The molecule has 6 nitrogen and oxygen atoms in total. The van der Waals surface area contributed by atoms with Crippen LogP contribution >= 0.6 is 11.3 Å². The number of carbonyl (C=O) groups excluding carboxylic acids is 1. The molecule has 7 heteroatoms. The molecule has 0 atom stereocenters. The predicted molar refractivity (Wildman–Crippen MR) is 98.9 cm³/mol.